The molecule has 0 radical (unpaired) electrons. The summed E-state index contributed by atoms with van der Waals surface area (Å²) < 4.78 is 5.23. The van der Waals surface area contributed by atoms with Crippen molar-refractivity contribution in [3.8, 4) is 0 Å². The van der Waals surface area contributed by atoms with Gasteiger partial charge in [-0.15, -0.1) is 11.3 Å². The summed E-state index contributed by atoms with van der Waals surface area (Å²) in [5.41, 5.74) is 0.946. The van der Waals surface area contributed by atoms with Gasteiger partial charge in [-0.25, -0.2) is 4.98 Å². The number of oxazole rings is 1. The van der Waals surface area contributed by atoms with E-state index in [2.05, 4.69) is 16.4 Å². The molecule has 62 valence electrons. The lowest BCUT2D eigenvalue weighted by molar-refractivity contribution is 0.507. The summed E-state index contributed by atoms with van der Waals surface area (Å²) in [5.74, 6) is 0.801. The highest BCUT2D eigenvalue weighted by Crippen LogP contribution is 2.13. The van der Waals surface area contributed by atoms with E-state index in [0.717, 1.165) is 18.0 Å². The third kappa shape index (κ3) is 1.56. The Hall–Kier alpha value is -1.09. The quantitative estimate of drug-likeness (QED) is 0.708. The minimum atomic E-state index is 0.801. The van der Waals surface area contributed by atoms with Gasteiger partial charge in [-0.1, -0.05) is 6.07 Å². The molecule has 0 atom stereocenters. The summed E-state index contributed by atoms with van der Waals surface area (Å²) in [5, 5.41) is 2.06. The zero-order valence-corrected chi connectivity index (χ0v) is 7.60. The average Bonchev–Trinajstić information content (AvgIpc) is 2.63. The van der Waals surface area contributed by atoms with E-state index in [4.69, 9.17) is 4.42 Å². The van der Waals surface area contributed by atoms with Gasteiger partial charge in [-0.3, -0.25) is 0 Å². The second kappa shape index (κ2) is 3.11. The van der Waals surface area contributed by atoms with Gasteiger partial charge in [-0.2, -0.15) is 0 Å². The van der Waals surface area contributed by atoms with Crippen LogP contribution in [0.25, 0.3) is 0 Å². The molecule has 2 rings (SSSR count). The first-order valence-corrected chi connectivity index (χ1v) is 4.66. The van der Waals surface area contributed by atoms with Crippen LogP contribution in [-0.4, -0.2) is 4.98 Å². The number of aromatic nitrogens is 1. The first kappa shape index (κ1) is 7.55. The van der Waals surface area contributed by atoms with Crippen molar-refractivity contribution in [1.29, 1.82) is 0 Å². The lowest BCUT2D eigenvalue weighted by atomic mass is 10.3. The molecular formula is C9H9NOS. The van der Waals surface area contributed by atoms with Crippen LogP contribution in [-0.2, 0) is 6.42 Å². The van der Waals surface area contributed by atoms with E-state index in [9.17, 15) is 0 Å². The van der Waals surface area contributed by atoms with Gasteiger partial charge in [0.05, 0.1) is 12.1 Å². The van der Waals surface area contributed by atoms with E-state index in [1.807, 2.05) is 13.0 Å². The van der Waals surface area contributed by atoms with E-state index in [1.54, 1.807) is 17.6 Å². The maximum Gasteiger partial charge on any atom is 0.199 e. The van der Waals surface area contributed by atoms with Crippen LogP contribution in [0.15, 0.2) is 28.2 Å². The Balaban J connectivity index is 2.14. The van der Waals surface area contributed by atoms with Crippen molar-refractivity contribution in [3.05, 3.63) is 40.2 Å². The molecule has 0 spiro atoms. The van der Waals surface area contributed by atoms with Crippen LogP contribution in [0.2, 0.25) is 0 Å². The Labute approximate surface area is 74.9 Å². The smallest absolute Gasteiger partial charge is 0.199 e. The molecule has 0 amide bonds. The van der Waals surface area contributed by atoms with Gasteiger partial charge in [0.25, 0.3) is 0 Å². The van der Waals surface area contributed by atoms with Gasteiger partial charge in [-0.05, 0) is 18.4 Å². The second-order valence-electron chi connectivity index (χ2n) is 2.64. The monoisotopic (exact) mass is 179 g/mol. The first-order chi connectivity index (χ1) is 5.84. The second-order valence-corrected chi connectivity index (χ2v) is 3.67. The first-order valence-electron chi connectivity index (χ1n) is 3.78. The van der Waals surface area contributed by atoms with Crippen molar-refractivity contribution in [1.82, 2.24) is 4.98 Å². The summed E-state index contributed by atoms with van der Waals surface area (Å²) in [6, 6.07) is 4.12. The van der Waals surface area contributed by atoms with E-state index in [0.29, 0.717) is 0 Å². The molecule has 0 saturated carbocycles. The Morgan fingerprint density at radius 3 is 3.08 bits per heavy atom. The Bertz CT molecular complexity index is 350. The molecule has 2 aromatic heterocycles. The number of hydrogen-bond acceptors (Lipinski definition) is 3. The molecule has 3 heteroatoms. The standard InChI is InChI=1S/C9H9NOS/c1-7-6-11-9(10-7)5-8-3-2-4-12-8/h2-4,6H,5H2,1H3. The molecule has 0 aromatic carbocycles. The molecule has 0 N–H and O–H groups in total. The highest BCUT2D eigenvalue weighted by atomic mass is 32.1. The molecular weight excluding hydrogens is 170 g/mol. The third-order valence-electron chi connectivity index (χ3n) is 1.57. The van der Waals surface area contributed by atoms with Crippen molar-refractivity contribution < 1.29 is 4.42 Å². The van der Waals surface area contributed by atoms with Gasteiger partial charge in [0, 0.05) is 4.88 Å². The summed E-state index contributed by atoms with van der Waals surface area (Å²) in [7, 11) is 0. The summed E-state index contributed by atoms with van der Waals surface area (Å²) in [6.07, 6.45) is 2.49. The van der Waals surface area contributed by atoms with Crippen LogP contribution in [0.3, 0.4) is 0 Å². The van der Waals surface area contributed by atoms with Gasteiger partial charge in [0.15, 0.2) is 5.89 Å². The number of thiophene rings is 1. The fraction of sp³-hybridized carbons (Fsp3) is 0.222. The normalized spacial score (nSPS) is 10.4. The van der Waals surface area contributed by atoms with E-state index in [1.165, 1.54) is 4.88 Å². The van der Waals surface area contributed by atoms with E-state index >= 15 is 0 Å². The number of aryl methyl sites for hydroxylation is 1. The molecule has 0 aliphatic heterocycles. The topological polar surface area (TPSA) is 26.0 Å². The maximum atomic E-state index is 5.23. The van der Waals surface area contributed by atoms with Gasteiger partial charge in [0.1, 0.15) is 6.26 Å². The van der Waals surface area contributed by atoms with Crippen molar-refractivity contribution in [2.75, 3.05) is 0 Å². The zero-order chi connectivity index (χ0) is 8.39. The Morgan fingerprint density at radius 2 is 2.50 bits per heavy atom. The van der Waals surface area contributed by atoms with Gasteiger partial charge >= 0.3 is 0 Å². The molecule has 0 bridgehead atoms. The molecule has 0 fully saturated rings. The van der Waals surface area contributed by atoms with Crippen LogP contribution in [0.4, 0.5) is 0 Å². The Kier molecular flexibility index (Phi) is 1.96. The summed E-state index contributed by atoms with van der Waals surface area (Å²) in [6.45, 7) is 1.93. The minimum Gasteiger partial charge on any atom is -0.448 e. The number of rotatable bonds is 2. The number of hydrogen-bond donors (Lipinski definition) is 0. The van der Waals surface area contributed by atoms with Crippen molar-refractivity contribution >= 4 is 11.3 Å². The maximum absolute atomic E-state index is 5.23. The van der Waals surface area contributed by atoms with Crippen LogP contribution in [0.1, 0.15) is 16.5 Å². The lowest BCUT2D eigenvalue weighted by Crippen LogP contribution is -1.83. The van der Waals surface area contributed by atoms with Gasteiger partial charge < -0.3 is 4.42 Å². The van der Waals surface area contributed by atoms with Crippen LogP contribution < -0.4 is 0 Å². The summed E-state index contributed by atoms with van der Waals surface area (Å²) >= 11 is 1.73. The van der Waals surface area contributed by atoms with Crippen LogP contribution in [0, 0.1) is 6.92 Å². The molecule has 2 nitrogen and oxygen atoms in total. The van der Waals surface area contributed by atoms with Gasteiger partial charge in [0.2, 0.25) is 0 Å². The zero-order valence-electron chi connectivity index (χ0n) is 6.78. The molecule has 0 saturated heterocycles. The largest absolute Gasteiger partial charge is 0.448 e. The van der Waals surface area contributed by atoms with Crippen molar-refractivity contribution in [3.63, 3.8) is 0 Å². The predicted molar refractivity (Wildman–Crippen MR) is 48.4 cm³/mol. The SMILES string of the molecule is Cc1coc(Cc2cccs2)n1. The highest BCUT2D eigenvalue weighted by molar-refractivity contribution is 7.09. The van der Waals surface area contributed by atoms with E-state index < -0.39 is 0 Å². The molecule has 12 heavy (non-hydrogen) atoms. The number of nitrogens with zero attached hydrogens (tertiary/aromatic N) is 1. The van der Waals surface area contributed by atoms with Crippen molar-refractivity contribution in [2.24, 2.45) is 0 Å². The minimum absolute atomic E-state index is 0.801. The molecule has 0 aliphatic carbocycles. The van der Waals surface area contributed by atoms with Crippen LogP contribution in [0.5, 0.6) is 0 Å². The molecule has 2 aromatic rings. The fourth-order valence-electron chi connectivity index (χ4n) is 1.05. The highest BCUT2D eigenvalue weighted by Gasteiger charge is 2.02. The van der Waals surface area contributed by atoms with Crippen LogP contribution >= 0.6 is 11.3 Å². The average molecular weight is 179 g/mol. The van der Waals surface area contributed by atoms with Crippen molar-refractivity contribution in [2.45, 2.75) is 13.3 Å². The molecule has 0 unspecified atom stereocenters. The fourth-order valence-corrected chi connectivity index (χ4v) is 1.74. The molecule has 2 heterocycles. The Morgan fingerprint density at radius 1 is 1.58 bits per heavy atom. The predicted octanol–water partition coefficient (Wildman–Crippen LogP) is 2.64. The lowest BCUT2D eigenvalue weighted by Gasteiger charge is -1.88. The molecule has 0 aliphatic rings. The summed E-state index contributed by atoms with van der Waals surface area (Å²) in [4.78, 5) is 5.51. The third-order valence-corrected chi connectivity index (χ3v) is 2.45. The van der Waals surface area contributed by atoms with E-state index in [-0.39, 0.29) is 0 Å².